The number of aliphatic hydroxyl groups excluding tert-OH is 1. The molecule has 86 valence electrons. The Morgan fingerprint density at radius 2 is 2.19 bits per heavy atom. The summed E-state index contributed by atoms with van der Waals surface area (Å²) in [5, 5.41) is 21.6. The predicted molar refractivity (Wildman–Crippen MR) is 66.3 cm³/mol. The number of amides is 1. The van der Waals surface area contributed by atoms with Crippen molar-refractivity contribution in [3.05, 3.63) is 26.6 Å². The first-order valence-corrected chi connectivity index (χ1v) is 5.74. The fourth-order valence-corrected chi connectivity index (χ4v) is 2.15. The number of hydrazone groups is 1. The van der Waals surface area contributed by atoms with Crippen LogP contribution in [0.5, 0.6) is 5.75 Å². The monoisotopic (exact) mass is 350 g/mol. The van der Waals surface area contributed by atoms with Gasteiger partial charge in [-0.2, -0.15) is 5.10 Å². The van der Waals surface area contributed by atoms with Crippen LogP contribution in [-0.4, -0.2) is 28.9 Å². The molecule has 1 aromatic rings. The number of phenolic OH excluding ortho intramolecular Hbond substituents is 1. The van der Waals surface area contributed by atoms with E-state index in [1.54, 1.807) is 12.1 Å². The van der Waals surface area contributed by atoms with Crippen LogP contribution in [-0.2, 0) is 4.79 Å². The average Bonchev–Trinajstić information content (AvgIpc) is 2.24. The number of nitrogens with zero attached hydrogens (tertiary/aromatic N) is 1. The Morgan fingerprint density at radius 1 is 1.50 bits per heavy atom. The molecule has 0 aliphatic carbocycles. The van der Waals surface area contributed by atoms with Gasteiger partial charge in [-0.15, -0.1) is 0 Å². The number of rotatable bonds is 3. The summed E-state index contributed by atoms with van der Waals surface area (Å²) in [6.07, 6.45) is 1.28. The number of halogens is 2. The zero-order valence-electron chi connectivity index (χ0n) is 7.94. The van der Waals surface area contributed by atoms with Crippen molar-refractivity contribution < 1.29 is 15.0 Å². The Morgan fingerprint density at radius 3 is 2.81 bits per heavy atom. The van der Waals surface area contributed by atoms with Crippen molar-refractivity contribution in [3.8, 4) is 5.75 Å². The smallest absolute Gasteiger partial charge is 0.265 e. The fraction of sp³-hybridized carbons (Fsp3) is 0.111. The third kappa shape index (κ3) is 3.58. The lowest BCUT2D eigenvalue weighted by Gasteiger charge is -2.02. The summed E-state index contributed by atoms with van der Waals surface area (Å²) in [6.45, 7) is -0.633. The molecule has 0 unspecified atom stereocenters. The van der Waals surface area contributed by atoms with Gasteiger partial charge in [-0.25, -0.2) is 5.43 Å². The number of carbonyl (C=O) groups excluding carboxylic acids is 1. The zero-order chi connectivity index (χ0) is 12.1. The molecule has 0 aliphatic rings. The first kappa shape index (κ1) is 13.1. The first-order valence-electron chi connectivity index (χ1n) is 4.15. The Labute approximate surface area is 108 Å². The Hall–Kier alpha value is -0.920. The van der Waals surface area contributed by atoms with Gasteiger partial charge in [0.05, 0.1) is 10.7 Å². The first-order chi connectivity index (χ1) is 7.54. The van der Waals surface area contributed by atoms with Crippen LogP contribution < -0.4 is 5.43 Å². The maximum Gasteiger partial charge on any atom is 0.265 e. The number of nitrogens with one attached hydrogen (secondary N) is 1. The second-order valence-electron chi connectivity index (χ2n) is 2.78. The third-order valence-corrected chi connectivity index (χ3v) is 2.66. The van der Waals surface area contributed by atoms with Gasteiger partial charge in [0.1, 0.15) is 12.4 Å². The largest absolute Gasteiger partial charge is 0.506 e. The molecule has 0 bridgehead atoms. The summed E-state index contributed by atoms with van der Waals surface area (Å²) < 4.78 is 1.27. The van der Waals surface area contributed by atoms with Crippen LogP contribution in [0, 0.1) is 0 Å². The maximum absolute atomic E-state index is 10.7. The van der Waals surface area contributed by atoms with Gasteiger partial charge in [0.25, 0.3) is 5.91 Å². The molecule has 7 heteroatoms. The third-order valence-electron chi connectivity index (χ3n) is 1.59. The highest BCUT2D eigenvalue weighted by Gasteiger charge is 2.05. The van der Waals surface area contributed by atoms with E-state index < -0.39 is 12.5 Å². The second kappa shape index (κ2) is 5.97. The summed E-state index contributed by atoms with van der Waals surface area (Å²) in [6, 6.07) is 3.31. The lowest BCUT2D eigenvalue weighted by Crippen LogP contribution is -2.20. The standard InChI is InChI=1S/C9H8Br2N2O3/c10-6-1-5(9(16)7(11)2-6)3-12-13-8(15)4-14/h1-3,14,16H,4H2,(H,13,15). The van der Waals surface area contributed by atoms with E-state index in [0.29, 0.717) is 10.0 Å². The van der Waals surface area contributed by atoms with Gasteiger partial charge in [-0.1, -0.05) is 15.9 Å². The van der Waals surface area contributed by atoms with Gasteiger partial charge in [-0.3, -0.25) is 4.79 Å². The van der Waals surface area contributed by atoms with Crippen LogP contribution in [0.3, 0.4) is 0 Å². The highest BCUT2D eigenvalue weighted by molar-refractivity contribution is 9.11. The molecule has 0 spiro atoms. The van der Waals surface area contributed by atoms with Crippen molar-refractivity contribution in [2.45, 2.75) is 0 Å². The average molecular weight is 352 g/mol. The maximum atomic E-state index is 10.7. The summed E-state index contributed by atoms with van der Waals surface area (Å²) in [4.78, 5) is 10.7. The van der Waals surface area contributed by atoms with Gasteiger partial charge in [0.15, 0.2) is 0 Å². The summed E-state index contributed by atoms with van der Waals surface area (Å²) in [5.41, 5.74) is 2.52. The van der Waals surface area contributed by atoms with Crippen molar-refractivity contribution in [2.24, 2.45) is 5.10 Å². The van der Waals surface area contributed by atoms with Gasteiger partial charge in [0, 0.05) is 10.0 Å². The van der Waals surface area contributed by atoms with Crippen molar-refractivity contribution in [3.63, 3.8) is 0 Å². The minimum atomic E-state index is -0.633. The lowest BCUT2D eigenvalue weighted by atomic mass is 10.2. The van der Waals surface area contributed by atoms with Crippen molar-refractivity contribution >= 4 is 44.0 Å². The molecule has 1 amide bonds. The van der Waals surface area contributed by atoms with Crippen LogP contribution in [0.25, 0.3) is 0 Å². The van der Waals surface area contributed by atoms with E-state index in [1.165, 1.54) is 6.21 Å². The molecular weight excluding hydrogens is 344 g/mol. The molecule has 0 fully saturated rings. The van der Waals surface area contributed by atoms with Crippen molar-refractivity contribution in [1.29, 1.82) is 0 Å². The topological polar surface area (TPSA) is 81.9 Å². The van der Waals surface area contributed by atoms with Crippen LogP contribution in [0.4, 0.5) is 0 Å². The molecule has 3 N–H and O–H groups in total. The molecule has 0 heterocycles. The molecule has 0 aliphatic heterocycles. The van der Waals surface area contributed by atoms with Crippen LogP contribution in [0.2, 0.25) is 0 Å². The van der Waals surface area contributed by atoms with Gasteiger partial charge in [0.2, 0.25) is 0 Å². The zero-order valence-corrected chi connectivity index (χ0v) is 11.1. The number of hydrogen-bond donors (Lipinski definition) is 3. The van der Waals surface area contributed by atoms with Gasteiger partial charge < -0.3 is 10.2 Å². The SMILES string of the molecule is O=C(CO)NN=Cc1cc(Br)cc(Br)c1O. The number of carbonyl (C=O) groups is 1. The van der Waals surface area contributed by atoms with Crippen LogP contribution in [0.1, 0.15) is 5.56 Å². The fourth-order valence-electron chi connectivity index (χ4n) is 0.893. The second-order valence-corrected chi connectivity index (χ2v) is 4.55. The lowest BCUT2D eigenvalue weighted by molar-refractivity contribution is -0.123. The Kier molecular flexibility index (Phi) is 4.91. The molecular formula is C9H8Br2N2O3. The minimum absolute atomic E-state index is 0.0187. The summed E-state index contributed by atoms with van der Waals surface area (Å²) >= 11 is 6.41. The van der Waals surface area contributed by atoms with Crippen LogP contribution in [0.15, 0.2) is 26.2 Å². The van der Waals surface area contributed by atoms with Crippen molar-refractivity contribution in [1.82, 2.24) is 5.43 Å². The van der Waals surface area contributed by atoms with Gasteiger partial charge >= 0.3 is 0 Å². The Bertz CT molecular complexity index is 435. The molecule has 16 heavy (non-hydrogen) atoms. The molecule has 0 atom stereocenters. The Balaban J connectivity index is 2.85. The molecule has 1 rings (SSSR count). The van der Waals surface area contributed by atoms with Gasteiger partial charge in [-0.05, 0) is 28.1 Å². The minimum Gasteiger partial charge on any atom is -0.506 e. The van der Waals surface area contributed by atoms with E-state index in [0.717, 1.165) is 4.47 Å². The predicted octanol–water partition coefficient (Wildman–Crippen LogP) is 1.36. The highest BCUT2D eigenvalue weighted by atomic mass is 79.9. The number of aliphatic hydroxyl groups is 1. The van der Waals surface area contributed by atoms with E-state index in [2.05, 4.69) is 42.4 Å². The van der Waals surface area contributed by atoms with E-state index in [1.807, 2.05) is 0 Å². The number of benzene rings is 1. The van der Waals surface area contributed by atoms with Crippen LogP contribution >= 0.6 is 31.9 Å². The molecule has 0 aromatic heterocycles. The number of phenols is 1. The highest BCUT2D eigenvalue weighted by Crippen LogP contribution is 2.30. The molecule has 0 saturated heterocycles. The number of hydrogen-bond acceptors (Lipinski definition) is 4. The quantitative estimate of drug-likeness (QED) is 0.568. The normalized spacial score (nSPS) is 10.7. The van der Waals surface area contributed by atoms with Crippen molar-refractivity contribution in [2.75, 3.05) is 6.61 Å². The molecule has 1 aromatic carbocycles. The molecule has 0 saturated carbocycles. The summed E-state index contributed by atoms with van der Waals surface area (Å²) in [5.74, 6) is -0.602. The molecule has 0 radical (unpaired) electrons. The van der Waals surface area contributed by atoms with E-state index in [9.17, 15) is 9.90 Å². The van der Waals surface area contributed by atoms with E-state index >= 15 is 0 Å². The summed E-state index contributed by atoms with van der Waals surface area (Å²) in [7, 11) is 0. The molecule has 5 nitrogen and oxygen atoms in total. The van der Waals surface area contributed by atoms with E-state index in [-0.39, 0.29) is 5.75 Å². The van der Waals surface area contributed by atoms with E-state index in [4.69, 9.17) is 5.11 Å². The number of aromatic hydroxyl groups is 1.